The second kappa shape index (κ2) is 6.97. The quantitative estimate of drug-likeness (QED) is 0.237. The van der Waals surface area contributed by atoms with Gasteiger partial charge in [0.1, 0.15) is 17.3 Å². The van der Waals surface area contributed by atoms with E-state index in [9.17, 15) is 5.26 Å². The highest BCUT2D eigenvalue weighted by Crippen LogP contribution is 2.63. The molecule has 0 atom stereocenters. The summed E-state index contributed by atoms with van der Waals surface area (Å²) in [5, 5.41) is 12.1. The monoisotopic (exact) mass is 478 g/mol. The Hall–Kier alpha value is -4.59. The number of hydrogen-bond donors (Lipinski definition) is 0. The Morgan fingerprint density at radius 2 is 1.19 bits per heavy atom. The molecule has 2 aromatic heterocycles. The fourth-order valence-corrected chi connectivity index (χ4v) is 7.24. The van der Waals surface area contributed by atoms with Crippen LogP contribution in [0.15, 0.2) is 113 Å². The number of rotatable bonds is 1. The number of nitrogens with zero attached hydrogens (tertiary/aromatic N) is 2. The molecule has 0 saturated carbocycles. The van der Waals surface area contributed by atoms with E-state index in [0.29, 0.717) is 5.76 Å². The molecule has 0 unspecified atom stereocenters. The SMILES string of the molecule is N#Cc1oc2ccsc2c1N1c2ccccc2C2(c3ccccc3-c3ccccc32)c2ccccc21. The highest BCUT2D eigenvalue weighted by molar-refractivity contribution is 7.17. The molecule has 0 bridgehead atoms. The van der Waals surface area contributed by atoms with Crippen LogP contribution in [0.25, 0.3) is 21.4 Å². The lowest BCUT2D eigenvalue weighted by Crippen LogP contribution is -2.36. The molecule has 1 aliphatic heterocycles. The lowest BCUT2D eigenvalue weighted by Gasteiger charge is -2.44. The van der Waals surface area contributed by atoms with E-state index in [0.717, 1.165) is 27.3 Å². The van der Waals surface area contributed by atoms with Crippen LogP contribution in [0.1, 0.15) is 28.0 Å². The lowest BCUT2D eigenvalue weighted by atomic mass is 9.64. The number of hydrogen-bond acceptors (Lipinski definition) is 4. The van der Waals surface area contributed by atoms with Crippen molar-refractivity contribution in [2.45, 2.75) is 5.41 Å². The molecule has 36 heavy (non-hydrogen) atoms. The van der Waals surface area contributed by atoms with Crippen LogP contribution in [0.3, 0.4) is 0 Å². The van der Waals surface area contributed by atoms with Crippen molar-refractivity contribution in [3.63, 3.8) is 0 Å². The Morgan fingerprint density at radius 3 is 1.78 bits per heavy atom. The topological polar surface area (TPSA) is 40.2 Å². The largest absolute Gasteiger partial charge is 0.442 e. The van der Waals surface area contributed by atoms with Crippen molar-refractivity contribution < 1.29 is 4.42 Å². The van der Waals surface area contributed by atoms with Crippen LogP contribution in [0.5, 0.6) is 0 Å². The summed E-state index contributed by atoms with van der Waals surface area (Å²) in [6.45, 7) is 0. The van der Waals surface area contributed by atoms with Gasteiger partial charge >= 0.3 is 0 Å². The third-order valence-corrected chi connectivity index (χ3v) is 8.55. The van der Waals surface area contributed by atoms with Crippen LogP contribution in [-0.4, -0.2) is 0 Å². The number of fused-ring (bicyclic) bond motifs is 10. The first-order chi connectivity index (χ1) is 17.8. The van der Waals surface area contributed by atoms with Gasteiger partial charge in [-0.25, -0.2) is 0 Å². The fraction of sp³-hybridized carbons (Fsp3) is 0.0312. The molecular formula is C32H18N2OS. The Kier molecular flexibility index (Phi) is 3.81. The van der Waals surface area contributed by atoms with Crippen molar-refractivity contribution in [1.29, 1.82) is 5.26 Å². The Balaban J connectivity index is 1.56. The number of benzene rings is 4. The molecule has 2 aliphatic rings. The summed E-state index contributed by atoms with van der Waals surface area (Å²) >= 11 is 1.61. The molecule has 0 N–H and O–H groups in total. The van der Waals surface area contributed by atoms with Crippen LogP contribution in [0.2, 0.25) is 0 Å². The normalized spacial score (nSPS) is 14.2. The van der Waals surface area contributed by atoms with Crippen LogP contribution in [0, 0.1) is 11.3 Å². The average molecular weight is 479 g/mol. The molecule has 0 amide bonds. The molecule has 0 radical (unpaired) electrons. The average Bonchev–Trinajstić information content (AvgIpc) is 3.61. The fourth-order valence-electron chi connectivity index (χ4n) is 6.39. The summed E-state index contributed by atoms with van der Waals surface area (Å²) < 4.78 is 6.99. The number of anilines is 3. The highest BCUT2D eigenvalue weighted by Gasteiger charge is 2.51. The van der Waals surface area contributed by atoms with Crippen molar-refractivity contribution in [1.82, 2.24) is 0 Å². The van der Waals surface area contributed by atoms with Gasteiger partial charge in [0.05, 0.1) is 21.5 Å². The summed E-state index contributed by atoms with van der Waals surface area (Å²) in [5.41, 5.74) is 10.8. The molecule has 1 spiro atoms. The highest BCUT2D eigenvalue weighted by atomic mass is 32.1. The minimum Gasteiger partial charge on any atom is -0.442 e. The standard InChI is InChI=1S/C32H18N2OS/c33-19-29-30(31-28(35-29)17-18-36-31)34-26-15-7-5-13-24(26)32(25-14-6-8-16-27(25)34)22-11-3-1-9-20(22)21-10-2-4-12-23(21)32/h1-18H. The number of para-hydroxylation sites is 2. The Morgan fingerprint density at radius 1 is 0.667 bits per heavy atom. The van der Waals surface area contributed by atoms with E-state index >= 15 is 0 Å². The molecule has 6 aromatic rings. The second-order valence-electron chi connectivity index (χ2n) is 9.22. The molecule has 0 fully saturated rings. The zero-order valence-electron chi connectivity index (χ0n) is 19.1. The molecule has 1 aliphatic carbocycles. The summed E-state index contributed by atoms with van der Waals surface area (Å²) in [4.78, 5) is 2.24. The van der Waals surface area contributed by atoms with Gasteiger partial charge in [0.2, 0.25) is 5.76 Å². The van der Waals surface area contributed by atoms with E-state index in [-0.39, 0.29) is 0 Å². The van der Waals surface area contributed by atoms with Crippen molar-refractivity contribution in [2.24, 2.45) is 0 Å². The van der Waals surface area contributed by atoms with Gasteiger partial charge in [-0.05, 0) is 57.0 Å². The lowest BCUT2D eigenvalue weighted by molar-refractivity contribution is 0.600. The minimum atomic E-state index is -0.456. The van der Waals surface area contributed by atoms with Crippen LogP contribution >= 0.6 is 11.3 Å². The van der Waals surface area contributed by atoms with Gasteiger partial charge in [0.25, 0.3) is 0 Å². The number of furan rings is 1. The van der Waals surface area contributed by atoms with Crippen LogP contribution in [-0.2, 0) is 5.41 Å². The summed E-state index contributed by atoms with van der Waals surface area (Å²) in [6.07, 6.45) is 0. The Bertz CT molecular complexity index is 1790. The van der Waals surface area contributed by atoms with Gasteiger partial charge in [-0.3, -0.25) is 0 Å². The molecule has 4 heteroatoms. The molecule has 0 saturated heterocycles. The number of nitriles is 1. The van der Waals surface area contributed by atoms with Crippen molar-refractivity contribution >= 4 is 38.7 Å². The molecule has 168 valence electrons. The minimum absolute atomic E-state index is 0.338. The van der Waals surface area contributed by atoms with Gasteiger partial charge in [0.15, 0.2) is 0 Å². The summed E-state index contributed by atoms with van der Waals surface area (Å²) in [6, 6.07) is 39.1. The van der Waals surface area contributed by atoms with Crippen LogP contribution < -0.4 is 4.90 Å². The smallest absolute Gasteiger partial charge is 0.229 e. The van der Waals surface area contributed by atoms with E-state index in [1.54, 1.807) is 11.3 Å². The zero-order chi connectivity index (χ0) is 23.9. The van der Waals surface area contributed by atoms with E-state index in [2.05, 4.69) is 108 Å². The van der Waals surface area contributed by atoms with Gasteiger partial charge in [0, 0.05) is 0 Å². The summed E-state index contributed by atoms with van der Waals surface area (Å²) in [5.74, 6) is 0.338. The maximum absolute atomic E-state index is 10.1. The Labute approximate surface area is 212 Å². The number of thiophene rings is 1. The van der Waals surface area contributed by atoms with Gasteiger partial charge < -0.3 is 9.32 Å². The van der Waals surface area contributed by atoms with E-state index in [4.69, 9.17) is 4.42 Å². The molecule has 3 nitrogen and oxygen atoms in total. The first-order valence-corrected chi connectivity index (χ1v) is 12.8. The van der Waals surface area contributed by atoms with Gasteiger partial charge in [-0.15, -0.1) is 11.3 Å². The maximum Gasteiger partial charge on any atom is 0.229 e. The maximum atomic E-state index is 10.1. The second-order valence-corrected chi connectivity index (χ2v) is 10.1. The summed E-state index contributed by atoms with van der Waals surface area (Å²) in [7, 11) is 0. The van der Waals surface area contributed by atoms with E-state index < -0.39 is 5.41 Å². The molecular weight excluding hydrogens is 460 g/mol. The van der Waals surface area contributed by atoms with Gasteiger partial charge in [-0.1, -0.05) is 84.9 Å². The first kappa shape index (κ1) is 19.7. The van der Waals surface area contributed by atoms with Crippen molar-refractivity contribution in [2.75, 3.05) is 4.90 Å². The zero-order valence-corrected chi connectivity index (χ0v) is 19.9. The van der Waals surface area contributed by atoms with Crippen molar-refractivity contribution in [3.8, 4) is 17.2 Å². The third-order valence-electron chi connectivity index (χ3n) is 7.65. The third kappa shape index (κ3) is 2.22. The van der Waals surface area contributed by atoms with Crippen molar-refractivity contribution in [3.05, 3.63) is 137 Å². The molecule has 3 heterocycles. The van der Waals surface area contributed by atoms with Crippen LogP contribution in [0.4, 0.5) is 17.1 Å². The molecule has 8 rings (SSSR count). The van der Waals surface area contributed by atoms with Gasteiger partial charge in [-0.2, -0.15) is 5.26 Å². The van der Waals surface area contributed by atoms with E-state index in [1.807, 2.05) is 11.4 Å². The predicted octanol–water partition coefficient (Wildman–Crippen LogP) is 8.51. The van der Waals surface area contributed by atoms with E-state index in [1.165, 1.54) is 33.4 Å². The predicted molar refractivity (Wildman–Crippen MR) is 144 cm³/mol. The molecule has 4 aromatic carbocycles. The first-order valence-electron chi connectivity index (χ1n) is 11.9.